The molecule has 78 valence electrons. The molecule has 1 aromatic rings. The Morgan fingerprint density at radius 3 is 2.86 bits per heavy atom. The molecule has 0 aliphatic rings. The van der Waals surface area contributed by atoms with Crippen LogP contribution in [0.5, 0.6) is 0 Å². The summed E-state index contributed by atoms with van der Waals surface area (Å²) >= 11 is 11.5. The van der Waals surface area contributed by atoms with Crippen LogP contribution in [0.4, 0.5) is 4.39 Å². The first-order valence-electron chi connectivity index (χ1n) is 4.38. The summed E-state index contributed by atoms with van der Waals surface area (Å²) in [4.78, 5) is 0. The van der Waals surface area contributed by atoms with Crippen LogP contribution in [0, 0.1) is 5.82 Å². The highest BCUT2D eigenvalue weighted by Gasteiger charge is 2.03. The highest BCUT2D eigenvalue weighted by Crippen LogP contribution is 2.14. The van der Waals surface area contributed by atoms with Gasteiger partial charge in [0, 0.05) is 29.1 Å². The fourth-order valence-corrected chi connectivity index (χ4v) is 1.39. The van der Waals surface area contributed by atoms with Crippen LogP contribution in [0.15, 0.2) is 18.2 Å². The zero-order valence-corrected chi connectivity index (χ0v) is 9.37. The minimum Gasteiger partial charge on any atom is -0.311 e. The van der Waals surface area contributed by atoms with Crippen LogP contribution in [0.3, 0.4) is 0 Å². The van der Waals surface area contributed by atoms with Gasteiger partial charge in [0.05, 0.1) is 0 Å². The molecule has 1 unspecified atom stereocenters. The molecule has 1 rings (SSSR count). The Kier molecular flexibility index (Phi) is 4.66. The van der Waals surface area contributed by atoms with Crippen molar-refractivity contribution in [1.29, 1.82) is 0 Å². The van der Waals surface area contributed by atoms with E-state index in [0.29, 0.717) is 23.7 Å². The van der Waals surface area contributed by atoms with Crippen molar-refractivity contribution < 1.29 is 4.39 Å². The summed E-state index contributed by atoms with van der Waals surface area (Å²) in [5, 5.41) is 3.62. The number of alkyl halides is 1. The van der Waals surface area contributed by atoms with Crippen LogP contribution >= 0.6 is 23.2 Å². The molecule has 0 spiro atoms. The first-order chi connectivity index (χ1) is 6.59. The predicted octanol–water partition coefficient (Wildman–Crippen LogP) is 3.20. The average Bonchev–Trinajstić information content (AvgIpc) is 2.10. The Morgan fingerprint density at radius 2 is 2.21 bits per heavy atom. The van der Waals surface area contributed by atoms with Crippen molar-refractivity contribution in [3.8, 4) is 0 Å². The van der Waals surface area contributed by atoms with Crippen molar-refractivity contribution in [2.45, 2.75) is 18.8 Å². The Balaban J connectivity index is 2.53. The minimum atomic E-state index is -0.246. The molecule has 0 fully saturated rings. The smallest absolute Gasteiger partial charge is 0.127 e. The van der Waals surface area contributed by atoms with Crippen LogP contribution < -0.4 is 5.32 Å². The van der Waals surface area contributed by atoms with E-state index < -0.39 is 0 Å². The fourth-order valence-electron chi connectivity index (χ4n) is 1.08. The van der Waals surface area contributed by atoms with E-state index in [0.717, 1.165) is 0 Å². The second-order valence-electron chi connectivity index (χ2n) is 3.15. The van der Waals surface area contributed by atoms with Crippen LogP contribution in [-0.4, -0.2) is 11.9 Å². The molecule has 1 aromatic carbocycles. The summed E-state index contributed by atoms with van der Waals surface area (Å²) in [7, 11) is 0. The van der Waals surface area contributed by atoms with Gasteiger partial charge in [0.1, 0.15) is 5.82 Å². The molecule has 0 bridgehead atoms. The monoisotopic (exact) mass is 235 g/mol. The van der Waals surface area contributed by atoms with Gasteiger partial charge in [-0.05, 0) is 25.1 Å². The number of hydrogen-bond donors (Lipinski definition) is 1. The molecule has 0 heterocycles. The third-order valence-electron chi connectivity index (χ3n) is 1.75. The molecule has 1 nitrogen and oxygen atoms in total. The molecular weight excluding hydrogens is 224 g/mol. The standard InChI is InChI=1S/C10H12Cl2FN/c1-7(11)5-14-6-8-4-9(12)2-3-10(8)13/h2-4,7,14H,5-6H2,1H3. The molecule has 0 aliphatic carbocycles. The van der Waals surface area contributed by atoms with Crippen LogP contribution in [0.2, 0.25) is 5.02 Å². The Morgan fingerprint density at radius 1 is 1.50 bits per heavy atom. The summed E-state index contributed by atoms with van der Waals surface area (Å²) in [6.45, 7) is 2.97. The maximum Gasteiger partial charge on any atom is 0.127 e. The lowest BCUT2D eigenvalue weighted by molar-refractivity contribution is 0.587. The molecule has 0 aliphatic heterocycles. The quantitative estimate of drug-likeness (QED) is 0.791. The minimum absolute atomic E-state index is 0.0391. The van der Waals surface area contributed by atoms with Crippen molar-refractivity contribution in [3.05, 3.63) is 34.6 Å². The van der Waals surface area contributed by atoms with E-state index in [9.17, 15) is 4.39 Å². The molecule has 0 aromatic heterocycles. The largest absolute Gasteiger partial charge is 0.311 e. The SMILES string of the molecule is CC(Cl)CNCc1cc(Cl)ccc1F. The molecule has 0 radical (unpaired) electrons. The van der Waals surface area contributed by atoms with Gasteiger partial charge in [0.25, 0.3) is 0 Å². The van der Waals surface area contributed by atoms with E-state index in [1.807, 2.05) is 6.92 Å². The fraction of sp³-hybridized carbons (Fsp3) is 0.400. The van der Waals surface area contributed by atoms with Gasteiger partial charge in [-0.25, -0.2) is 4.39 Å². The van der Waals surface area contributed by atoms with Gasteiger partial charge in [0.15, 0.2) is 0 Å². The number of halogens is 3. The molecule has 4 heteroatoms. The van der Waals surface area contributed by atoms with E-state index in [-0.39, 0.29) is 11.2 Å². The van der Waals surface area contributed by atoms with Gasteiger partial charge in [-0.15, -0.1) is 11.6 Å². The molecule has 0 saturated heterocycles. The summed E-state index contributed by atoms with van der Waals surface area (Å²) in [6, 6.07) is 4.51. The number of rotatable bonds is 4. The predicted molar refractivity (Wildman–Crippen MR) is 58.4 cm³/mol. The third kappa shape index (κ3) is 3.82. The van der Waals surface area contributed by atoms with E-state index in [2.05, 4.69) is 5.32 Å². The molecular formula is C10H12Cl2FN. The van der Waals surface area contributed by atoms with Gasteiger partial charge in [-0.1, -0.05) is 11.6 Å². The lowest BCUT2D eigenvalue weighted by atomic mass is 10.2. The average molecular weight is 236 g/mol. The highest BCUT2D eigenvalue weighted by molar-refractivity contribution is 6.30. The van der Waals surface area contributed by atoms with E-state index in [4.69, 9.17) is 23.2 Å². The Labute approximate surface area is 93.2 Å². The van der Waals surface area contributed by atoms with Gasteiger partial charge >= 0.3 is 0 Å². The first-order valence-corrected chi connectivity index (χ1v) is 5.19. The summed E-state index contributed by atoms with van der Waals surface area (Å²) in [5.74, 6) is -0.246. The van der Waals surface area contributed by atoms with E-state index in [1.54, 1.807) is 6.07 Å². The Hall–Kier alpha value is -0.310. The second kappa shape index (κ2) is 5.54. The third-order valence-corrected chi connectivity index (χ3v) is 2.14. The molecule has 1 atom stereocenters. The topological polar surface area (TPSA) is 12.0 Å². The van der Waals surface area contributed by atoms with Crippen molar-refractivity contribution in [3.63, 3.8) is 0 Å². The number of benzene rings is 1. The molecule has 1 N–H and O–H groups in total. The van der Waals surface area contributed by atoms with Crippen molar-refractivity contribution in [1.82, 2.24) is 5.32 Å². The van der Waals surface area contributed by atoms with Gasteiger partial charge in [-0.3, -0.25) is 0 Å². The van der Waals surface area contributed by atoms with Crippen LogP contribution in [-0.2, 0) is 6.54 Å². The highest BCUT2D eigenvalue weighted by atomic mass is 35.5. The van der Waals surface area contributed by atoms with Crippen LogP contribution in [0.25, 0.3) is 0 Å². The number of nitrogens with one attached hydrogen (secondary N) is 1. The maximum absolute atomic E-state index is 13.2. The lowest BCUT2D eigenvalue weighted by Gasteiger charge is -2.07. The van der Waals surface area contributed by atoms with Crippen LogP contribution in [0.1, 0.15) is 12.5 Å². The Bertz CT molecular complexity index is 302. The van der Waals surface area contributed by atoms with Crippen molar-refractivity contribution >= 4 is 23.2 Å². The number of hydrogen-bond acceptors (Lipinski definition) is 1. The second-order valence-corrected chi connectivity index (χ2v) is 4.33. The first kappa shape index (κ1) is 11.8. The summed E-state index contributed by atoms with van der Waals surface area (Å²) < 4.78 is 13.2. The van der Waals surface area contributed by atoms with E-state index >= 15 is 0 Å². The lowest BCUT2D eigenvalue weighted by Crippen LogP contribution is -2.21. The van der Waals surface area contributed by atoms with Crippen molar-refractivity contribution in [2.24, 2.45) is 0 Å². The zero-order chi connectivity index (χ0) is 10.6. The maximum atomic E-state index is 13.2. The molecule has 0 saturated carbocycles. The van der Waals surface area contributed by atoms with Crippen molar-refractivity contribution in [2.75, 3.05) is 6.54 Å². The van der Waals surface area contributed by atoms with Gasteiger partial charge in [-0.2, -0.15) is 0 Å². The molecule has 0 amide bonds. The van der Waals surface area contributed by atoms with Gasteiger partial charge < -0.3 is 5.32 Å². The molecule has 14 heavy (non-hydrogen) atoms. The zero-order valence-electron chi connectivity index (χ0n) is 7.86. The normalized spacial score (nSPS) is 12.9. The van der Waals surface area contributed by atoms with Gasteiger partial charge in [0.2, 0.25) is 0 Å². The summed E-state index contributed by atoms with van der Waals surface area (Å²) in [5.41, 5.74) is 0.565. The summed E-state index contributed by atoms with van der Waals surface area (Å²) in [6.07, 6.45) is 0. The van der Waals surface area contributed by atoms with E-state index in [1.165, 1.54) is 12.1 Å².